The molecule has 0 aromatic heterocycles. The Balaban J connectivity index is 2.08. The Bertz CT molecular complexity index is 601. The van der Waals surface area contributed by atoms with E-state index < -0.39 is 0 Å². The Morgan fingerprint density at radius 1 is 1.25 bits per heavy atom. The average molecular weight is 335 g/mol. The molecule has 132 valence electrons. The van der Waals surface area contributed by atoms with Crippen LogP contribution in [0.15, 0.2) is 18.2 Å². The topological polar surface area (TPSA) is 71.1 Å². The van der Waals surface area contributed by atoms with E-state index in [1.165, 1.54) is 0 Å². The van der Waals surface area contributed by atoms with Gasteiger partial charge in [0.25, 0.3) is 0 Å². The molecule has 2 rings (SSSR count). The van der Waals surface area contributed by atoms with Gasteiger partial charge in [-0.05, 0) is 26.0 Å². The van der Waals surface area contributed by atoms with Gasteiger partial charge in [0.2, 0.25) is 5.91 Å². The van der Waals surface area contributed by atoms with Gasteiger partial charge in [-0.2, -0.15) is 0 Å². The number of anilines is 1. The summed E-state index contributed by atoms with van der Waals surface area (Å²) in [5.74, 6) is 1.16. The zero-order chi connectivity index (χ0) is 17.7. The minimum absolute atomic E-state index is 0.0212. The summed E-state index contributed by atoms with van der Waals surface area (Å²) in [5, 5.41) is 2.93. The molecule has 0 bridgehead atoms. The third-order valence-electron chi connectivity index (χ3n) is 4.18. The number of nitrogens with one attached hydrogen (secondary N) is 1. The molecule has 3 amide bonds. The van der Waals surface area contributed by atoms with E-state index in [4.69, 9.17) is 9.47 Å². The van der Waals surface area contributed by atoms with Crippen LogP contribution >= 0.6 is 0 Å². The van der Waals surface area contributed by atoms with Crippen LogP contribution in [0.25, 0.3) is 0 Å². The van der Waals surface area contributed by atoms with E-state index in [-0.39, 0.29) is 18.0 Å². The van der Waals surface area contributed by atoms with Crippen molar-refractivity contribution in [2.24, 2.45) is 0 Å². The standard InChI is InChI=1S/C17H25N3O4/c1-5-19(6-2)17(22)18-12-9-16(21)20(11-12)13-7-8-14(23-3)15(10-13)24-4/h7-8,10,12H,5-6,9,11H2,1-4H3,(H,18,22)/t12-/m1/s1. The average Bonchev–Trinajstić information content (AvgIpc) is 2.95. The summed E-state index contributed by atoms with van der Waals surface area (Å²) < 4.78 is 10.5. The largest absolute Gasteiger partial charge is 0.493 e. The molecule has 1 aliphatic heterocycles. The predicted octanol–water partition coefficient (Wildman–Crippen LogP) is 1.86. The van der Waals surface area contributed by atoms with E-state index in [0.717, 1.165) is 5.69 Å². The summed E-state index contributed by atoms with van der Waals surface area (Å²) in [6.45, 7) is 5.59. The molecule has 1 aromatic rings. The van der Waals surface area contributed by atoms with Crippen LogP contribution in [0.1, 0.15) is 20.3 Å². The second-order valence-electron chi connectivity index (χ2n) is 5.57. The maximum Gasteiger partial charge on any atom is 0.317 e. The number of hydrogen-bond acceptors (Lipinski definition) is 4. The van der Waals surface area contributed by atoms with E-state index in [1.54, 1.807) is 36.2 Å². The number of carbonyl (C=O) groups is 2. The maximum atomic E-state index is 12.3. The van der Waals surface area contributed by atoms with Gasteiger partial charge in [-0.25, -0.2) is 4.79 Å². The fourth-order valence-electron chi connectivity index (χ4n) is 2.82. The van der Waals surface area contributed by atoms with Crippen molar-refractivity contribution >= 4 is 17.6 Å². The van der Waals surface area contributed by atoms with E-state index >= 15 is 0 Å². The molecule has 0 saturated carbocycles. The number of nitrogens with zero attached hydrogens (tertiary/aromatic N) is 2. The maximum absolute atomic E-state index is 12.3. The van der Waals surface area contributed by atoms with Crippen molar-refractivity contribution in [2.45, 2.75) is 26.3 Å². The molecular weight excluding hydrogens is 310 g/mol. The van der Waals surface area contributed by atoms with Gasteiger partial charge in [-0.3, -0.25) is 4.79 Å². The quantitative estimate of drug-likeness (QED) is 0.861. The molecule has 0 spiro atoms. The van der Waals surface area contributed by atoms with Gasteiger partial charge < -0.3 is 24.6 Å². The van der Waals surface area contributed by atoms with Gasteiger partial charge in [0.1, 0.15) is 0 Å². The van der Waals surface area contributed by atoms with Crippen LogP contribution < -0.4 is 19.7 Å². The fraction of sp³-hybridized carbons (Fsp3) is 0.529. The lowest BCUT2D eigenvalue weighted by molar-refractivity contribution is -0.117. The highest BCUT2D eigenvalue weighted by Gasteiger charge is 2.32. The highest BCUT2D eigenvalue weighted by molar-refractivity contribution is 5.97. The zero-order valence-electron chi connectivity index (χ0n) is 14.7. The number of amides is 3. The van der Waals surface area contributed by atoms with Gasteiger partial charge in [-0.1, -0.05) is 0 Å². The Morgan fingerprint density at radius 3 is 2.50 bits per heavy atom. The van der Waals surface area contributed by atoms with E-state index in [1.807, 2.05) is 19.9 Å². The second kappa shape index (κ2) is 7.90. The normalized spacial score (nSPS) is 16.9. The third-order valence-corrected chi connectivity index (χ3v) is 4.18. The number of urea groups is 1. The Morgan fingerprint density at radius 2 is 1.92 bits per heavy atom. The van der Waals surface area contributed by atoms with Gasteiger partial charge in [-0.15, -0.1) is 0 Å². The molecule has 24 heavy (non-hydrogen) atoms. The second-order valence-corrected chi connectivity index (χ2v) is 5.57. The summed E-state index contributed by atoms with van der Waals surface area (Å²) in [6, 6.07) is 5.02. The van der Waals surface area contributed by atoms with Crippen LogP contribution in [-0.2, 0) is 4.79 Å². The van der Waals surface area contributed by atoms with Crippen molar-refractivity contribution in [1.82, 2.24) is 10.2 Å². The van der Waals surface area contributed by atoms with E-state index in [2.05, 4.69) is 5.32 Å². The molecule has 1 saturated heterocycles. The number of methoxy groups -OCH3 is 2. The van der Waals surface area contributed by atoms with E-state index in [0.29, 0.717) is 37.6 Å². The number of hydrogen-bond donors (Lipinski definition) is 1. The summed E-state index contributed by atoms with van der Waals surface area (Å²) in [5.41, 5.74) is 0.734. The van der Waals surface area contributed by atoms with Gasteiger partial charge in [0.15, 0.2) is 11.5 Å². The number of carbonyl (C=O) groups excluding carboxylic acids is 2. The first-order valence-corrected chi connectivity index (χ1v) is 8.11. The molecule has 7 heteroatoms. The monoisotopic (exact) mass is 335 g/mol. The fourth-order valence-corrected chi connectivity index (χ4v) is 2.82. The van der Waals surface area contributed by atoms with Crippen LogP contribution in [0, 0.1) is 0 Å². The highest BCUT2D eigenvalue weighted by Crippen LogP contribution is 2.33. The van der Waals surface area contributed by atoms with Crippen molar-refractivity contribution in [3.05, 3.63) is 18.2 Å². The number of ether oxygens (including phenoxy) is 2. The predicted molar refractivity (Wildman–Crippen MR) is 91.8 cm³/mol. The van der Waals surface area contributed by atoms with Gasteiger partial charge in [0, 0.05) is 37.8 Å². The van der Waals surface area contributed by atoms with Crippen LogP contribution in [0.4, 0.5) is 10.5 Å². The smallest absolute Gasteiger partial charge is 0.317 e. The first kappa shape index (κ1) is 17.9. The van der Waals surface area contributed by atoms with Crippen LogP contribution in [0.5, 0.6) is 11.5 Å². The highest BCUT2D eigenvalue weighted by atomic mass is 16.5. The van der Waals surface area contributed by atoms with Crippen molar-refractivity contribution in [3.8, 4) is 11.5 Å². The Kier molecular flexibility index (Phi) is 5.89. The summed E-state index contributed by atoms with van der Waals surface area (Å²) in [4.78, 5) is 27.8. The van der Waals surface area contributed by atoms with Crippen molar-refractivity contribution in [1.29, 1.82) is 0 Å². The first-order chi connectivity index (χ1) is 11.5. The minimum atomic E-state index is -0.196. The molecule has 1 fully saturated rings. The minimum Gasteiger partial charge on any atom is -0.493 e. The van der Waals surface area contributed by atoms with Gasteiger partial charge in [0.05, 0.1) is 20.3 Å². The molecule has 0 unspecified atom stereocenters. The van der Waals surface area contributed by atoms with Crippen molar-refractivity contribution in [2.75, 3.05) is 38.8 Å². The number of benzene rings is 1. The number of rotatable bonds is 6. The molecule has 7 nitrogen and oxygen atoms in total. The molecule has 1 atom stereocenters. The van der Waals surface area contributed by atoms with E-state index in [9.17, 15) is 9.59 Å². The molecule has 1 heterocycles. The lowest BCUT2D eigenvalue weighted by atomic mass is 10.2. The lowest BCUT2D eigenvalue weighted by Crippen LogP contribution is -2.45. The molecule has 0 aliphatic carbocycles. The first-order valence-electron chi connectivity index (χ1n) is 8.11. The summed E-state index contributed by atoms with van der Waals surface area (Å²) in [7, 11) is 3.12. The SMILES string of the molecule is CCN(CC)C(=O)N[C@@H]1CC(=O)N(c2ccc(OC)c(OC)c2)C1. The van der Waals surface area contributed by atoms with Crippen LogP contribution in [-0.4, -0.2) is 56.7 Å². The zero-order valence-corrected chi connectivity index (χ0v) is 14.7. The molecule has 1 N–H and O–H groups in total. The molecular formula is C17H25N3O4. The summed E-state index contributed by atoms with van der Waals surface area (Å²) in [6.07, 6.45) is 0.293. The third kappa shape index (κ3) is 3.72. The van der Waals surface area contributed by atoms with Crippen LogP contribution in [0.3, 0.4) is 0 Å². The van der Waals surface area contributed by atoms with Crippen molar-refractivity contribution < 1.29 is 19.1 Å². The van der Waals surface area contributed by atoms with Crippen molar-refractivity contribution in [3.63, 3.8) is 0 Å². The Hall–Kier alpha value is -2.44. The molecule has 1 aromatic carbocycles. The molecule has 0 radical (unpaired) electrons. The lowest BCUT2D eigenvalue weighted by Gasteiger charge is -2.22. The van der Waals surface area contributed by atoms with Crippen LogP contribution in [0.2, 0.25) is 0 Å². The van der Waals surface area contributed by atoms with Gasteiger partial charge >= 0.3 is 6.03 Å². The molecule has 1 aliphatic rings. The Labute approximate surface area is 142 Å². The summed E-state index contributed by atoms with van der Waals surface area (Å²) >= 11 is 0.